The Morgan fingerprint density at radius 2 is 1.12 bits per heavy atom. The molecule has 0 saturated heterocycles. The summed E-state index contributed by atoms with van der Waals surface area (Å²) in [5.41, 5.74) is 2.95. The van der Waals surface area contributed by atoms with Crippen LogP contribution in [0.5, 0.6) is 0 Å². The fourth-order valence-corrected chi connectivity index (χ4v) is 7.41. The Kier molecular flexibility index (Phi) is 11.9. The van der Waals surface area contributed by atoms with Gasteiger partial charge in [-0.2, -0.15) is 16.8 Å². The van der Waals surface area contributed by atoms with Gasteiger partial charge < -0.3 is 4.74 Å². The zero-order valence-corrected chi connectivity index (χ0v) is 25.2. The quantitative estimate of drug-likeness (QED) is 0.137. The molecule has 0 heterocycles. The summed E-state index contributed by atoms with van der Waals surface area (Å²) in [6.45, 7) is 0.140. The molecule has 1 unspecified atom stereocenters. The number of esters is 1. The maximum absolute atomic E-state index is 13.2. The summed E-state index contributed by atoms with van der Waals surface area (Å²) in [4.78, 5) is 14.8. The lowest BCUT2D eigenvalue weighted by Crippen LogP contribution is -2.46. The van der Waals surface area contributed by atoms with Gasteiger partial charge in [0.05, 0.1) is 23.4 Å². The lowest BCUT2D eigenvalue weighted by atomic mass is 9.84. The van der Waals surface area contributed by atoms with E-state index in [0.717, 1.165) is 16.7 Å². The summed E-state index contributed by atoms with van der Waals surface area (Å²) in [6.07, 6.45) is 0.00807. The van der Waals surface area contributed by atoms with Crippen molar-refractivity contribution < 1.29 is 35.5 Å². The van der Waals surface area contributed by atoms with E-state index in [-0.39, 0.29) is 31.7 Å². The van der Waals surface area contributed by atoms with Crippen LogP contribution in [0.3, 0.4) is 0 Å². The van der Waals surface area contributed by atoms with Gasteiger partial charge in [0.2, 0.25) is 0 Å². The van der Waals surface area contributed by atoms with Crippen molar-refractivity contribution in [2.24, 2.45) is 0 Å². The summed E-state index contributed by atoms with van der Waals surface area (Å²) in [7, 11) is -7.23. The van der Waals surface area contributed by atoms with E-state index in [1.807, 2.05) is 91.0 Å². The molecule has 41 heavy (non-hydrogen) atoms. The third-order valence-electron chi connectivity index (χ3n) is 6.61. The molecule has 3 aromatic rings. The van der Waals surface area contributed by atoms with Crippen LogP contribution in [0.25, 0.3) is 0 Å². The SMILES string of the molecule is COC(=O)C(CSC(c1ccccc1)(c1ccccc1)c1ccccc1)N(CCCS(=O)(=O)O)CCCS(=O)(=O)O. The monoisotopic (exact) mass is 621 g/mol. The van der Waals surface area contributed by atoms with E-state index in [9.17, 15) is 30.7 Å². The molecular weight excluding hydrogens is 587 g/mol. The molecule has 3 rings (SSSR count). The molecule has 0 spiro atoms. The van der Waals surface area contributed by atoms with Gasteiger partial charge in [0.15, 0.2) is 0 Å². The molecule has 0 amide bonds. The third kappa shape index (κ3) is 9.66. The average molecular weight is 622 g/mol. The zero-order valence-electron chi connectivity index (χ0n) is 22.7. The molecular formula is C29H35NO8S3. The highest BCUT2D eigenvalue weighted by Crippen LogP contribution is 2.48. The normalized spacial score (nSPS) is 13.2. The van der Waals surface area contributed by atoms with Gasteiger partial charge in [-0.1, -0.05) is 91.0 Å². The molecule has 0 saturated carbocycles. The van der Waals surface area contributed by atoms with Crippen LogP contribution in [0.2, 0.25) is 0 Å². The van der Waals surface area contributed by atoms with Crippen LogP contribution in [0.4, 0.5) is 0 Å². The first-order valence-corrected chi connectivity index (χ1v) is 17.2. The van der Waals surface area contributed by atoms with Crippen molar-refractivity contribution in [3.8, 4) is 0 Å². The number of carbonyl (C=O) groups is 1. The predicted molar refractivity (Wildman–Crippen MR) is 161 cm³/mol. The number of methoxy groups -OCH3 is 1. The zero-order chi connectivity index (χ0) is 29.9. The highest BCUT2D eigenvalue weighted by molar-refractivity contribution is 8.00. The standard InChI is InChI=1S/C29H35NO8S3/c1-38-28(31)27(30(19-11-21-40(32,33)34)20-12-22-41(35,36)37)23-39-29(24-13-5-2-6-14-24,25-15-7-3-8-16-25)26-17-9-4-10-18-26/h2-10,13-18,27H,11-12,19-23H2,1H3,(H,32,33,34)(H,35,36,37). The number of rotatable bonds is 16. The maximum Gasteiger partial charge on any atom is 0.323 e. The van der Waals surface area contributed by atoms with Crippen molar-refractivity contribution in [3.63, 3.8) is 0 Å². The second kappa shape index (κ2) is 14.9. The molecule has 0 fully saturated rings. The molecule has 9 nitrogen and oxygen atoms in total. The molecule has 0 aliphatic heterocycles. The minimum absolute atomic E-state index is 0.00404. The van der Waals surface area contributed by atoms with Crippen LogP contribution in [0, 0.1) is 0 Å². The van der Waals surface area contributed by atoms with Gasteiger partial charge in [-0.25, -0.2) is 0 Å². The number of carbonyl (C=O) groups excluding carboxylic acids is 1. The van der Waals surface area contributed by atoms with Gasteiger partial charge in [0.1, 0.15) is 6.04 Å². The van der Waals surface area contributed by atoms with E-state index in [1.54, 1.807) is 4.90 Å². The van der Waals surface area contributed by atoms with Crippen LogP contribution >= 0.6 is 11.8 Å². The predicted octanol–water partition coefficient (Wildman–Crippen LogP) is 4.11. The van der Waals surface area contributed by atoms with Gasteiger partial charge in [-0.15, -0.1) is 11.8 Å². The fraction of sp³-hybridized carbons (Fsp3) is 0.345. The van der Waals surface area contributed by atoms with E-state index in [1.165, 1.54) is 18.9 Å². The van der Waals surface area contributed by atoms with Gasteiger partial charge in [0.25, 0.3) is 20.2 Å². The Morgan fingerprint density at radius 3 is 1.44 bits per heavy atom. The van der Waals surface area contributed by atoms with E-state index >= 15 is 0 Å². The summed E-state index contributed by atoms with van der Waals surface area (Å²) in [6, 6.07) is 28.7. The van der Waals surface area contributed by atoms with Crippen LogP contribution in [-0.4, -0.2) is 80.3 Å². The van der Waals surface area contributed by atoms with Crippen LogP contribution in [0.15, 0.2) is 91.0 Å². The highest BCUT2D eigenvalue weighted by atomic mass is 32.2. The number of hydrogen-bond acceptors (Lipinski definition) is 8. The highest BCUT2D eigenvalue weighted by Gasteiger charge is 2.39. The molecule has 222 valence electrons. The fourth-order valence-electron chi connectivity index (χ4n) is 4.75. The minimum atomic E-state index is -4.24. The van der Waals surface area contributed by atoms with Crippen molar-refractivity contribution in [2.45, 2.75) is 23.6 Å². The lowest BCUT2D eigenvalue weighted by Gasteiger charge is -2.38. The molecule has 2 N–H and O–H groups in total. The van der Waals surface area contributed by atoms with Gasteiger partial charge >= 0.3 is 5.97 Å². The largest absolute Gasteiger partial charge is 0.468 e. The van der Waals surface area contributed by atoms with Crippen LogP contribution in [-0.2, 0) is 34.5 Å². The van der Waals surface area contributed by atoms with E-state index < -0.39 is 48.5 Å². The second-order valence-electron chi connectivity index (χ2n) is 9.44. The second-order valence-corrected chi connectivity index (χ2v) is 13.8. The Hall–Kier alpha value is -2.74. The van der Waals surface area contributed by atoms with Crippen LogP contribution < -0.4 is 0 Å². The number of hydrogen-bond donors (Lipinski definition) is 2. The number of ether oxygens (including phenoxy) is 1. The van der Waals surface area contributed by atoms with Crippen molar-refractivity contribution in [1.82, 2.24) is 4.90 Å². The summed E-state index contributed by atoms with van der Waals surface area (Å²) >= 11 is 1.51. The molecule has 0 aliphatic carbocycles. The first-order valence-electron chi connectivity index (χ1n) is 13.0. The minimum Gasteiger partial charge on any atom is -0.468 e. The molecule has 1 atom stereocenters. The van der Waals surface area contributed by atoms with Gasteiger partial charge in [0, 0.05) is 18.8 Å². The molecule has 0 aromatic heterocycles. The molecule has 12 heteroatoms. The maximum atomic E-state index is 13.2. The molecule has 3 aromatic carbocycles. The lowest BCUT2D eigenvalue weighted by molar-refractivity contribution is -0.146. The third-order valence-corrected chi connectivity index (χ3v) is 9.84. The smallest absolute Gasteiger partial charge is 0.323 e. The van der Waals surface area contributed by atoms with Crippen molar-refractivity contribution in [2.75, 3.05) is 37.5 Å². The Morgan fingerprint density at radius 1 is 0.756 bits per heavy atom. The average Bonchev–Trinajstić information content (AvgIpc) is 2.95. The first kappa shape index (κ1) is 32.8. The summed E-state index contributed by atoms with van der Waals surface area (Å²) < 4.78 is 68.4. The van der Waals surface area contributed by atoms with E-state index in [4.69, 9.17) is 4.74 Å². The number of benzene rings is 3. The van der Waals surface area contributed by atoms with Gasteiger partial charge in [-0.3, -0.25) is 18.8 Å². The molecule has 0 aliphatic rings. The number of thioether (sulfide) groups is 1. The van der Waals surface area contributed by atoms with E-state index in [0.29, 0.717) is 0 Å². The topological polar surface area (TPSA) is 138 Å². The summed E-state index contributed by atoms with van der Waals surface area (Å²) in [5, 5.41) is 0. The summed E-state index contributed by atoms with van der Waals surface area (Å²) in [5.74, 6) is -1.42. The van der Waals surface area contributed by atoms with Crippen molar-refractivity contribution >= 4 is 38.0 Å². The Bertz CT molecular complexity index is 1320. The molecule has 0 bridgehead atoms. The Labute approximate surface area is 246 Å². The van der Waals surface area contributed by atoms with Crippen molar-refractivity contribution in [3.05, 3.63) is 108 Å². The number of nitrogens with zero attached hydrogens (tertiary/aromatic N) is 1. The van der Waals surface area contributed by atoms with Crippen molar-refractivity contribution in [1.29, 1.82) is 0 Å². The van der Waals surface area contributed by atoms with Crippen LogP contribution in [0.1, 0.15) is 29.5 Å². The molecule has 0 radical (unpaired) electrons. The van der Waals surface area contributed by atoms with E-state index in [2.05, 4.69) is 0 Å². The first-order chi connectivity index (χ1) is 19.5. The Balaban J connectivity index is 2.05. The van der Waals surface area contributed by atoms with Gasteiger partial charge in [-0.05, 0) is 29.5 Å².